The monoisotopic (exact) mass is 286 g/mol. The molecule has 0 spiro atoms. The van der Waals surface area contributed by atoms with Gasteiger partial charge in [-0.15, -0.1) is 0 Å². The largest absolute Gasteiger partial charge is 0.341 e. The first-order valence-corrected chi connectivity index (χ1v) is 7.60. The van der Waals surface area contributed by atoms with Crippen molar-refractivity contribution >= 4 is 11.8 Å². The van der Waals surface area contributed by atoms with Crippen LogP contribution in [-0.4, -0.2) is 56.8 Å². The topological polar surface area (TPSA) is 66.4 Å². The van der Waals surface area contributed by atoms with E-state index in [0.29, 0.717) is 18.0 Å². The number of hydrogen-bond acceptors (Lipinski definition) is 4. The van der Waals surface area contributed by atoms with Crippen molar-refractivity contribution in [3.05, 3.63) is 24.3 Å². The first-order valence-electron chi connectivity index (χ1n) is 7.60. The van der Waals surface area contributed by atoms with Crippen LogP contribution >= 0.6 is 0 Å². The molecule has 2 aliphatic heterocycles. The van der Waals surface area contributed by atoms with Gasteiger partial charge in [0.05, 0.1) is 5.56 Å². The van der Waals surface area contributed by atoms with E-state index in [1.54, 1.807) is 4.90 Å². The van der Waals surface area contributed by atoms with Gasteiger partial charge in [-0.25, -0.2) is 9.97 Å². The molecule has 21 heavy (non-hydrogen) atoms. The third-order valence-electron chi connectivity index (χ3n) is 5.07. The second-order valence-electron chi connectivity index (χ2n) is 6.20. The summed E-state index contributed by atoms with van der Waals surface area (Å²) in [6.07, 6.45) is 8.37. The zero-order valence-corrected chi connectivity index (χ0v) is 11.9. The second kappa shape index (κ2) is 4.51. The van der Waals surface area contributed by atoms with Gasteiger partial charge in [0.2, 0.25) is 5.91 Å². The van der Waals surface area contributed by atoms with Gasteiger partial charge in [-0.2, -0.15) is 0 Å². The highest BCUT2D eigenvalue weighted by molar-refractivity contribution is 6.01. The minimum atomic E-state index is -0.558. The molecule has 6 nitrogen and oxygen atoms in total. The van der Waals surface area contributed by atoms with Gasteiger partial charge < -0.3 is 9.80 Å². The molecule has 1 aromatic heterocycles. The van der Waals surface area contributed by atoms with E-state index in [-0.39, 0.29) is 11.8 Å². The third kappa shape index (κ3) is 1.78. The highest BCUT2D eigenvalue weighted by Gasteiger charge is 2.69. The van der Waals surface area contributed by atoms with Gasteiger partial charge in [-0.1, -0.05) is 0 Å². The van der Waals surface area contributed by atoms with Gasteiger partial charge in [0.25, 0.3) is 5.91 Å². The molecule has 3 aliphatic rings. The predicted octanol–water partition coefficient (Wildman–Crippen LogP) is 0.704. The van der Waals surface area contributed by atoms with Gasteiger partial charge in [-0.3, -0.25) is 9.59 Å². The third-order valence-corrected chi connectivity index (χ3v) is 5.07. The fourth-order valence-electron chi connectivity index (χ4n) is 3.89. The standard InChI is InChI=1S/C15H18N4O2/c20-13(11-8-16-10-17-9-11)19-6-3-12-7-15(12,19)14(21)18-4-1-2-5-18/h8-10,12H,1-7H2. The van der Waals surface area contributed by atoms with Crippen molar-refractivity contribution in [1.82, 2.24) is 19.8 Å². The maximum Gasteiger partial charge on any atom is 0.257 e. The molecular formula is C15H18N4O2. The lowest BCUT2D eigenvalue weighted by Crippen LogP contribution is -2.51. The molecule has 2 saturated heterocycles. The van der Waals surface area contributed by atoms with Crippen LogP contribution in [0.5, 0.6) is 0 Å². The molecule has 0 N–H and O–H groups in total. The van der Waals surface area contributed by atoms with E-state index >= 15 is 0 Å². The molecular weight excluding hydrogens is 268 g/mol. The minimum Gasteiger partial charge on any atom is -0.341 e. The van der Waals surface area contributed by atoms with Gasteiger partial charge >= 0.3 is 0 Å². The first-order chi connectivity index (χ1) is 10.2. The molecule has 3 fully saturated rings. The van der Waals surface area contributed by atoms with Crippen LogP contribution in [0.2, 0.25) is 0 Å². The Morgan fingerprint density at radius 3 is 2.52 bits per heavy atom. The summed E-state index contributed by atoms with van der Waals surface area (Å²) in [5.74, 6) is 0.398. The summed E-state index contributed by atoms with van der Waals surface area (Å²) < 4.78 is 0. The van der Waals surface area contributed by atoms with Crippen LogP contribution in [0.1, 0.15) is 36.0 Å². The Bertz CT molecular complexity index is 585. The zero-order chi connectivity index (χ0) is 14.4. The molecule has 2 amide bonds. The Hall–Kier alpha value is -1.98. The highest BCUT2D eigenvalue weighted by atomic mass is 16.2. The molecule has 1 aromatic rings. The number of amides is 2. The van der Waals surface area contributed by atoms with Crippen molar-refractivity contribution in [3.63, 3.8) is 0 Å². The van der Waals surface area contributed by atoms with Crippen molar-refractivity contribution in [2.45, 2.75) is 31.2 Å². The van der Waals surface area contributed by atoms with Crippen molar-refractivity contribution in [3.8, 4) is 0 Å². The van der Waals surface area contributed by atoms with Crippen LogP contribution in [0.15, 0.2) is 18.7 Å². The summed E-state index contributed by atoms with van der Waals surface area (Å²) in [5.41, 5.74) is -0.0873. The van der Waals surface area contributed by atoms with Crippen molar-refractivity contribution in [2.24, 2.45) is 5.92 Å². The zero-order valence-electron chi connectivity index (χ0n) is 11.9. The van der Waals surface area contributed by atoms with Gasteiger partial charge in [0, 0.05) is 32.0 Å². The second-order valence-corrected chi connectivity index (χ2v) is 6.20. The van der Waals surface area contributed by atoms with E-state index in [2.05, 4.69) is 9.97 Å². The molecule has 3 heterocycles. The summed E-state index contributed by atoms with van der Waals surface area (Å²) in [4.78, 5) is 37.1. The van der Waals surface area contributed by atoms with E-state index in [9.17, 15) is 9.59 Å². The van der Waals surface area contributed by atoms with E-state index in [0.717, 1.165) is 38.8 Å². The van der Waals surface area contributed by atoms with Crippen molar-refractivity contribution in [2.75, 3.05) is 19.6 Å². The summed E-state index contributed by atoms with van der Waals surface area (Å²) >= 11 is 0. The van der Waals surface area contributed by atoms with Crippen molar-refractivity contribution in [1.29, 1.82) is 0 Å². The van der Waals surface area contributed by atoms with E-state index in [4.69, 9.17) is 0 Å². The smallest absolute Gasteiger partial charge is 0.257 e. The quantitative estimate of drug-likeness (QED) is 0.803. The fraction of sp³-hybridized carbons (Fsp3) is 0.600. The number of carbonyl (C=O) groups excluding carboxylic acids is 2. The molecule has 2 unspecified atom stereocenters. The molecule has 4 rings (SSSR count). The average molecular weight is 286 g/mol. The van der Waals surface area contributed by atoms with Crippen LogP contribution in [-0.2, 0) is 4.79 Å². The van der Waals surface area contributed by atoms with E-state index < -0.39 is 5.54 Å². The molecule has 2 atom stereocenters. The Kier molecular flexibility index (Phi) is 2.74. The molecule has 0 bridgehead atoms. The fourth-order valence-corrected chi connectivity index (χ4v) is 3.89. The molecule has 1 saturated carbocycles. The lowest BCUT2D eigenvalue weighted by Gasteiger charge is -2.30. The van der Waals surface area contributed by atoms with Crippen LogP contribution in [0.3, 0.4) is 0 Å². The van der Waals surface area contributed by atoms with Crippen molar-refractivity contribution < 1.29 is 9.59 Å². The molecule has 0 aromatic carbocycles. The highest BCUT2D eigenvalue weighted by Crippen LogP contribution is 2.57. The Morgan fingerprint density at radius 1 is 1.14 bits per heavy atom. The maximum atomic E-state index is 12.9. The number of rotatable bonds is 2. The Morgan fingerprint density at radius 2 is 1.86 bits per heavy atom. The van der Waals surface area contributed by atoms with Gasteiger partial charge in [-0.05, 0) is 31.6 Å². The van der Waals surface area contributed by atoms with Gasteiger partial charge in [0.15, 0.2) is 0 Å². The predicted molar refractivity (Wildman–Crippen MR) is 74.3 cm³/mol. The number of nitrogens with zero attached hydrogens (tertiary/aromatic N) is 4. The lowest BCUT2D eigenvalue weighted by atomic mass is 10.1. The Labute approximate surface area is 123 Å². The van der Waals surface area contributed by atoms with Gasteiger partial charge in [0.1, 0.15) is 11.9 Å². The number of likely N-dealkylation sites (tertiary alicyclic amines) is 2. The number of piperidine rings is 1. The van der Waals surface area contributed by atoms with Crippen LogP contribution in [0, 0.1) is 5.92 Å². The molecule has 0 radical (unpaired) electrons. The number of fused-ring (bicyclic) bond motifs is 1. The number of aromatic nitrogens is 2. The minimum absolute atomic E-state index is 0.108. The lowest BCUT2D eigenvalue weighted by molar-refractivity contribution is -0.136. The number of hydrogen-bond donors (Lipinski definition) is 0. The SMILES string of the molecule is O=C(c1cncnc1)N1CCC2CC21C(=O)N1CCCC1. The summed E-state index contributed by atoms with van der Waals surface area (Å²) in [5, 5.41) is 0. The van der Waals surface area contributed by atoms with E-state index in [1.807, 2.05) is 4.90 Å². The summed E-state index contributed by atoms with van der Waals surface area (Å²) in [6.45, 7) is 2.34. The molecule has 110 valence electrons. The molecule has 6 heteroatoms. The molecule has 1 aliphatic carbocycles. The Balaban J connectivity index is 1.61. The first kappa shape index (κ1) is 12.7. The van der Waals surface area contributed by atoms with Crippen LogP contribution in [0.25, 0.3) is 0 Å². The number of carbonyl (C=O) groups is 2. The van der Waals surface area contributed by atoms with E-state index in [1.165, 1.54) is 18.7 Å². The maximum absolute atomic E-state index is 12.9. The summed E-state index contributed by atoms with van der Waals surface area (Å²) in [6, 6.07) is 0. The average Bonchev–Trinajstić information content (AvgIpc) is 2.93. The van der Waals surface area contributed by atoms with Crippen LogP contribution in [0.4, 0.5) is 0 Å². The normalized spacial score (nSPS) is 30.4. The summed E-state index contributed by atoms with van der Waals surface area (Å²) in [7, 11) is 0. The van der Waals surface area contributed by atoms with Crippen LogP contribution < -0.4 is 0 Å².